The predicted octanol–water partition coefficient (Wildman–Crippen LogP) is 15.6. The van der Waals surface area contributed by atoms with E-state index in [1.807, 2.05) is 0 Å². The number of alkyl halides is 12. The molecule has 0 atom stereocenters. The fourth-order valence-electron chi connectivity index (χ4n) is 4.20. The molecule has 2 aliphatic carbocycles. The summed E-state index contributed by atoms with van der Waals surface area (Å²) in [6, 6.07) is 6.35. The number of pyridine rings is 4. The van der Waals surface area contributed by atoms with Crippen molar-refractivity contribution < 1.29 is 116 Å². The summed E-state index contributed by atoms with van der Waals surface area (Å²) < 4.78 is 260. The third-order valence-electron chi connectivity index (χ3n) is 6.85. The summed E-state index contributed by atoms with van der Waals surface area (Å²) in [5.74, 6) is -1.63. The van der Waals surface area contributed by atoms with Crippen LogP contribution in [0.3, 0.4) is 0 Å². The third-order valence-corrected chi connectivity index (χ3v) is 6.85. The zero-order valence-corrected chi connectivity index (χ0v) is 33.4. The first-order valence-electron chi connectivity index (χ1n) is 15.8. The van der Waals surface area contributed by atoms with Crippen LogP contribution in [0.15, 0.2) is 121 Å². The fraction of sp³-hybridized carbons (Fsp3) is 0.111. The first-order valence-corrected chi connectivity index (χ1v) is 17.9. The molecule has 0 unspecified atom stereocenters. The van der Waals surface area contributed by atoms with E-state index in [4.69, 9.17) is 0 Å². The molecule has 0 bridgehead atoms. The quantitative estimate of drug-likeness (QED) is 0.0888. The van der Waals surface area contributed by atoms with E-state index in [-0.39, 0.29) is 54.0 Å². The second-order valence-corrected chi connectivity index (χ2v) is 13.7. The Bertz CT molecular complexity index is 2290. The molecular formula is C36H16F22IrN4P. The topological polar surface area (TPSA) is 51.6 Å². The molecule has 28 heteroatoms. The van der Waals surface area contributed by atoms with Crippen LogP contribution in [0.25, 0.3) is 22.5 Å². The average Bonchev–Trinajstić information content (AvgIpc) is 3.13. The van der Waals surface area contributed by atoms with Crippen molar-refractivity contribution in [2.45, 2.75) is 24.7 Å². The van der Waals surface area contributed by atoms with Crippen molar-refractivity contribution in [2.24, 2.45) is 0 Å². The van der Waals surface area contributed by atoms with Gasteiger partial charge in [0.15, 0.2) is 0 Å². The fourth-order valence-corrected chi connectivity index (χ4v) is 4.20. The average molecular weight is 1150 g/mol. The summed E-state index contributed by atoms with van der Waals surface area (Å²) in [5, 5.41) is 0. The number of aromatic nitrogens is 4. The van der Waals surface area contributed by atoms with E-state index in [1.54, 1.807) is 0 Å². The normalized spacial score (nSPS) is 15.2. The molecule has 0 spiro atoms. The number of allylic oxidation sites excluding steroid dienone is 6. The van der Waals surface area contributed by atoms with Gasteiger partial charge in [0.25, 0.3) is 0 Å². The van der Waals surface area contributed by atoms with Crippen molar-refractivity contribution in [1.29, 1.82) is 0 Å². The van der Waals surface area contributed by atoms with E-state index in [0.717, 1.165) is 60.9 Å². The van der Waals surface area contributed by atoms with E-state index in [2.05, 4.69) is 31.4 Å². The van der Waals surface area contributed by atoms with Crippen LogP contribution < -0.4 is 0 Å². The number of hydrogen-bond donors (Lipinski definition) is 0. The van der Waals surface area contributed by atoms with Gasteiger partial charge in [-0.15, -0.1) is 0 Å². The largest absolute Gasteiger partial charge is 3.00 e. The standard InChI is InChI=1S/C12H6F6N2.2C12H5F5N.F6P.Ir/c13-11(14,15)7-1-3-19-9(5-7)10-6-8(2-4-20-10)12(16,17)18;2*13-8-2-3-9(10(14)5-8)11-4-1-7(6-18-11)12(15,16)17;1-7(2,3,4,5)6;/h1-6H;2*1-2,4-6H;;/q;3*-1;+3. The molecule has 64 heavy (non-hydrogen) atoms. The molecule has 0 saturated heterocycles. The molecule has 6 rings (SSSR count). The van der Waals surface area contributed by atoms with Gasteiger partial charge in [0.2, 0.25) is 0 Å². The van der Waals surface area contributed by atoms with E-state index < -0.39 is 78.8 Å². The molecular weight excluding hydrogens is 1130 g/mol. The second-order valence-electron chi connectivity index (χ2n) is 11.8. The minimum Gasteiger partial charge on any atom is 3.00 e. The number of rotatable bonds is 3. The number of halogens is 22. The van der Waals surface area contributed by atoms with Crippen molar-refractivity contribution in [2.75, 3.05) is 0 Å². The van der Waals surface area contributed by atoms with Crippen LogP contribution in [0.2, 0.25) is 0 Å². The molecule has 2 aliphatic rings. The maximum atomic E-state index is 13.3. The molecule has 0 aromatic carbocycles. The zero-order chi connectivity index (χ0) is 48.0. The van der Waals surface area contributed by atoms with Crippen LogP contribution in [0, 0.1) is 12.3 Å². The Morgan fingerprint density at radius 3 is 0.969 bits per heavy atom. The van der Waals surface area contributed by atoms with Gasteiger partial charge in [0.05, 0.1) is 33.6 Å². The Balaban J connectivity index is 0.000000305. The molecule has 0 radical (unpaired) electrons. The summed E-state index contributed by atoms with van der Waals surface area (Å²) in [7, 11) is -10.7. The Kier molecular flexibility index (Phi) is 16.4. The monoisotopic (exact) mass is 1150 g/mol. The maximum absolute atomic E-state index is 13.3. The SMILES string of the molecule is FC(F)(F)c1ccnc(-c2cc(C(F)(F)F)ccn2)c1.FC1=C[C-](F)C(c2ccc(C(F)(F)F)cn2)=C=C1.FC1=C[C-](F)C(c2ccc(C(F)(F)F)cn2)=C=C1.F[P-](F)(F)(F)(F)F.[Ir+3]. The Morgan fingerprint density at radius 2 is 0.734 bits per heavy atom. The molecule has 0 N–H and O–H groups in total. The van der Waals surface area contributed by atoms with Gasteiger partial charge < -0.3 is 9.97 Å². The van der Waals surface area contributed by atoms with Crippen LogP contribution in [0.1, 0.15) is 33.6 Å². The minimum absolute atomic E-state index is 0. The van der Waals surface area contributed by atoms with Crippen LogP contribution in [-0.2, 0) is 44.8 Å². The molecule has 4 nitrogen and oxygen atoms in total. The minimum atomic E-state index is -10.7. The zero-order valence-electron chi connectivity index (χ0n) is 30.1. The molecule has 0 fully saturated rings. The van der Waals surface area contributed by atoms with Crippen LogP contribution >= 0.6 is 7.81 Å². The molecule has 0 aliphatic heterocycles. The van der Waals surface area contributed by atoms with Gasteiger partial charge in [-0.2, -0.15) is 52.7 Å². The molecule has 0 amide bonds. The third kappa shape index (κ3) is 18.6. The summed E-state index contributed by atoms with van der Waals surface area (Å²) in [5.41, 5.74) is -0.277. The van der Waals surface area contributed by atoms with Crippen LogP contribution in [-0.4, -0.2) is 19.9 Å². The van der Waals surface area contributed by atoms with Crippen molar-refractivity contribution >= 4 is 19.0 Å². The second kappa shape index (κ2) is 19.2. The summed E-state index contributed by atoms with van der Waals surface area (Å²) in [4.78, 5) is 14.2. The van der Waals surface area contributed by atoms with Crippen LogP contribution in [0.5, 0.6) is 0 Å². The molecule has 0 saturated carbocycles. The van der Waals surface area contributed by atoms with Crippen molar-refractivity contribution in [3.63, 3.8) is 0 Å². The molecule has 348 valence electrons. The Hall–Kier alpha value is -5.60. The van der Waals surface area contributed by atoms with E-state index in [1.165, 1.54) is 0 Å². The Morgan fingerprint density at radius 1 is 0.438 bits per heavy atom. The van der Waals surface area contributed by atoms with Gasteiger partial charge >= 0.3 is 77.8 Å². The van der Waals surface area contributed by atoms with E-state index in [9.17, 15) is 95.4 Å². The predicted molar refractivity (Wildman–Crippen MR) is 180 cm³/mol. The van der Waals surface area contributed by atoms with Crippen LogP contribution in [0.4, 0.5) is 95.4 Å². The van der Waals surface area contributed by atoms with E-state index >= 15 is 0 Å². The summed E-state index contributed by atoms with van der Waals surface area (Å²) in [6.45, 7) is 0. The number of hydrogen-bond acceptors (Lipinski definition) is 4. The summed E-state index contributed by atoms with van der Waals surface area (Å²) >= 11 is 0. The first-order chi connectivity index (χ1) is 28.4. The molecule has 4 aromatic heterocycles. The van der Waals surface area contributed by atoms with Gasteiger partial charge in [-0.05, 0) is 35.7 Å². The van der Waals surface area contributed by atoms with E-state index in [0.29, 0.717) is 36.7 Å². The Labute approximate surface area is 356 Å². The van der Waals surface area contributed by atoms with Gasteiger partial charge in [-0.3, -0.25) is 27.5 Å². The first kappa shape index (κ1) is 54.5. The van der Waals surface area contributed by atoms with Gasteiger partial charge in [0.1, 0.15) is 0 Å². The molecule has 4 aromatic rings. The number of nitrogens with zero attached hydrogens (tertiary/aromatic N) is 4. The van der Waals surface area contributed by atoms with Gasteiger partial charge in [0, 0.05) is 48.8 Å². The maximum Gasteiger partial charge on any atom is 3.00 e. The smallest absolute Gasteiger partial charge is 3.00 e. The molecule has 4 heterocycles. The summed E-state index contributed by atoms with van der Waals surface area (Å²) in [6.07, 6.45) is -14.1. The van der Waals surface area contributed by atoms with Crippen molar-refractivity contribution in [1.82, 2.24) is 19.9 Å². The van der Waals surface area contributed by atoms with Gasteiger partial charge in [-0.25, -0.2) is 11.5 Å². The van der Waals surface area contributed by atoms with Gasteiger partial charge in [-0.1, -0.05) is 59.7 Å². The van der Waals surface area contributed by atoms with Crippen molar-refractivity contribution in [3.8, 4) is 11.4 Å². The van der Waals surface area contributed by atoms with Crippen molar-refractivity contribution in [3.05, 3.63) is 167 Å².